The van der Waals surface area contributed by atoms with E-state index in [-0.39, 0.29) is 0 Å². The van der Waals surface area contributed by atoms with Gasteiger partial charge in [-0.05, 0) is 42.4 Å². The fourth-order valence-corrected chi connectivity index (χ4v) is 4.06. The monoisotopic (exact) mass is 209 g/mol. The van der Waals surface area contributed by atoms with Gasteiger partial charge in [-0.15, -0.1) is 0 Å². The van der Waals surface area contributed by atoms with Crippen LogP contribution in [0.2, 0.25) is 0 Å². The maximum Gasteiger partial charge on any atom is 0.0602 e. The largest absolute Gasteiger partial charge is 0.411 e. The molecule has 2 nitrogen and oxygen atoms in total. The highest BCUT2D eigenvalue weighted by Crippen LogP contribution is 2.67. The van der Waals surface area contributed by atoms with E-state index in [1.807, 2.05) is 0 Å². The summed E-state index contributed by atoms with van der Waals surface area (Å²) in [6.07, 6.45) is 4.78. The van der Waals surface area contributed by atoms with E-state index < -0.39 is 0 Å². The van der Waals surface area contributed by atoms with Crippen molar-refractivity contribution in [3.8, 4) is 0 Å². The molecule has 2 bridgehead atoms. The van der Waals surface area contributed by atoms with Gasteiger partial charge in [-0.3, -0.25) is 0 Å². The summed E-state index contributed by atoms with van der Waals surface area (Å²) in [5.41, 5.74) is 1.91. The van der Waals surface area contributed by atoms with Crippen LogP contribution < -0.4 is 0 Å². The molecule has 2 saturated carbocycles. The molecule has 0 aromatic rings. The predicted molar refractivity (Wildman–Crippen MR) is 62.2 cm³/mol. The first-order valence-corrected chi connectivity index (χ1v) is 6.17. The Morgan fingerprint density at radius 2 is 2.07 bits per heavy atom. The summed E-state index contributed by atoms with van der Waals surface area (Å²) in [5, 5.41) is 12.6. The van der Waals surface area contributed by atoms with Crippen molar-refractivity contribution in [1.82, 2.24) is 0 Å². The quantitative estimate of drug-likeness (QED) is 0.420. The maximum absolute atomic E-state index is 9.06. The van der Waals surface area contributed by atoms with Crippen molar-refractivity contribution in [2.45, 2.75) is 53.4 Å². The number of nitrogens with zero attached hydrogens (tertiary/aromatic N) is 1. The fourth-order valence-electron chi connectivity index (χ4n) is 4.06. The Bertz CT molecular complexity index is 292. The molecular weight excluding hydrogens is 186 g/mol. The summed E-state index contributed by atoms with van der Waals surface area (Å²) < 4.78 is 0. The molecule has 2 rings (SSSR count). The lowest BCUT2D eigenvalue weighted by Gasteiger charge is -2.34. The number of fused-ring (bicyclic) bond motifs is 2. The van der Waals surface area contributed by atoms with Crippen LogP contribution >= 0.6 is 0 Å². The van der Waals surface area contributed by atoms with Crippen molar-refractivity contribution in [3.63, 3.8) is 0 Å². The van der Waals surface area contributed by atoms with Gasteiger partial charge in [-0.1, -0.05) is 32.9 Å². The molecule has 15 heavy (non-hydrogen) atoms. The molecule has 3 unspecified atom stereocenters. The van der Waals surface area contributed by atoms with Gasteiger partial charge >= 0.3 is 0 Å². The molecule has 2 aliphatic rings. The Morgan fingerprint density at radius 3 is 2.40 bits per heavy atom. The molecule has 0 amide bonds. The zero-order valence-electron chi connectivity index (χ0n) is 10.4. The van der Waals surface area contributed by atoms with Gasteiger partial charge in [0, 0.05) is 5.92 Å². The first-order valence-electron chi connectivity index (χ1n) is 6.17. The molecule has 2 heteroatoms. The highest BCUT2D eigenvalue weighted by atomic mass is 16.4. The Hall–Kier alpha value is -0.530. The molecule has 1 N–H and O–H groups in total. The average molecular weight is 209 g/mol. The lowest BCUT2D eigenvalue weighted by Crippen LogP contribution is -2.27. The van der Waals surface area contributed by atoms with Crippen LogP contribution in [0.4, 0.5) is 0 Å². The molecule has 0 heterocycles. The summed E-state index contributed by atoms with van der Waals surface area (Å²) in [6, 6.07) is 0. The second-order valence-corrected chi connectivity index (χ2v) is 6.18. The van der Waals surface area contributed by atoms with Crippen molar-refractivity contribution in [2.24, 2.45) is 27.8 Å². The van der Waals surface area contributed by atoms with E-state index in [1.54, 1.807) is 0 Å². The minimum atomic E-state index is 0.419. The molecule has 3 atom stereocenters. The van der Waals surface area contributed by atoms with E-state index in [2.05, 4.69) is 32.9 Å². The van der Waals surface area contributed by atoms with Gasteiger partial charge < -0.3 is 5.21 Å². The molecule has 2 fully saturated rings. The van der Waals surface area contributed by atoms with Crippen LogP contribution in [0.1, 0.15) is 53.4 Å². The first kappa shape index (κ1) is 11.0. The normalized spacial score (nSPS) is 43.6. The summed E-state index contributed by atoms with van der Waals surface area (Å²) in [6.45, 7) is 9.30. The van der Waals surface area contributed by atoms with Gasteiger partial charge in [0.1, 0.15) is 0 Å². The highest BCUT2D eigenvalue weighted by Gasteiger charge is 2.61. The topological polar surface area (TPSA) is 32.6 Å². The number of rotatable bonds is 2. The summed E-state index contributed by atoms with van der Waals surface area (Å²) >= 11 is 0. The predicted octanol–water partition coefficient (Wildman–Crippen LogP) is 3.69. The third-order valence-corrected chi connectivity index (χ3v) is 5.56. The molecule has 0 spiro atoms. The highest BCUT2D eigenvalue weighted by molar-refractivity contribution is 5.87. The second-order valence-electron chi connectivity index (χ2n) is 6.18. The molecule has 0 saturated heterocycles. The molecular formula is C13H23NO. The van der Waals surface area contributed by atoms with Crippen molar-refractivity contribution < 1.29 is 5.21 Å². The molecule has 86 valence electrons. The molecule has 2 aliphatic carbocycles. The van der Waals surface area contributed by atoms with E-state index >= 15 is 0 Å². The van der Waals surface area contributed by atoms with Crippen molar-refractivity contribution in [1.29, 1.82) is 0 Å². The number of hydrogen-bond acceptors (Lipinski definition) is 2. The zero-order valence-corrected chi connectivity index (χ0v) is 10.4. The van der Waals surface area contributed by atoms with Crippen LogP contribution in [0, 0.1) is 22.7 Å². The van der Waals surface area contributed by atoms with Gasteiger partial charge in [0.05, 0.1) is 5.71 Å². The van der Waals surface area contributed by atoms with Gasteiger partial charge in [-0.2, -0.15) is 0 Å². The molecule has 0 aliphatic heterocycles. The Balaban J connectivity index is 2.29. The van der Waals surface area contributed by atoms with Crippen LogP contribution in [0.15, 0.2) is 5.16 Å². The SMILES string of the molecule is CC/C(=N\O)C1CC2(C)CCC1C2(C)C. The second kappa shape index (κ2) is 3.23. The Kier molecular flexibility index (Phi) is 2.36. The van der Waals surface area contributed by atoms with E-state index in [9.17, 15) is 0 Å². The smallest absolute Gasteiger partial charge is 0.0602 e. The third kappa shape index (κ3) is 1.26. The number of hydrogen-bond donors (Lipinski definition) is 1. The van der Waals surface area contributed by atoms with E-state index in [4.69, 9.17) is 5.21 Å². The van der Waals surface area contributed by atoms with Gasteiger partial charge in [-0.25, -0.2) is 0 Å². The van der Waals surface area contributed by atoms with E-state index in [0.717, 1.165) is 18.1 Å². The standard InChI is InChI=1S/C13H23NO/c1-5-11(14-15)9-8-13(4)7-6-10(9)12(13,2)3/h9-10,15H,5-8H2,1-4H3/b14-11+. The van der Waals surface area contributed by atoms with Crippen LogP contribution in [0.25, 0.3) is 0 Å². The number of oxime groups is 1. The molecule has 0 aromatic heterocycles. The minimum absolute atomic E-state index is 0.419. The minimum Gasteiger partial charge on any atom is -0.411 e. The lowest BCUT2D eigenvalue weighted by molar-refractivity contribution is 0.152. The Labute approximate surface area is 92.8 Å². The van der Waals surface area contributed by atoms with E-state index in [0.29, 0.717) is 16.7 Å². The van der Waals surface area contributed by atoms with Crippen molar-refractivity contribution in [3.05, 3.63) is 0 Å². The summed E-state index contributed by atoms with van der Waals surface area (Å²) in [7, 11) is 0. The van der Waals surface area contributed by atoms with Gasteiger partial charge in [0.2, 0.25) is 0 Å². The van der Waals surface area contributed by atoms with E-state index in [1.165, 1.54) is 19.3 Å². The first-order chi connectivity index (χ1) is 6.96. The van der Waals surface area contributed by atoms with Gasteiger partial charge in [0.25, 0.3) is 0 Å². The van der Waals surface area contributed by atoms with Crippen LogP contribution in [0.3, 0.4) is 0 Å². The average Bonchev–Trinajstić information content (AvgIpc) is 2.50. The summed E-state index contributed by atoms with van der Waals surface area (Å²) in [4.78, 5) is 0. The molecule has 0 radical (unpaired) electrons. The zero-order chi connectivity index (χ0) is 11.3. The van der Waals surface area contributed by atoms with Crippen LogP contribution in [-0.4, -0.2) is 10.9 Å². The van der Waals surface area contributed by atoms with Crippen LogP contribution in [-0.2, 0) is 0 Å². The van der Waals surface area contributed by atoms with Crippen LogP contribution in [0.5, 0.6) is 0 Å². The van der Waals surface area contributed by atoms with Gasteiger partial charge in [0.15, 0.2) is 0 Å². The summed E-state index contributed by atoms with van der Waals surface area (Å²) in [5.74, 6) is 1.27. The third-order valence-electron chi connectivity index (χ3n) is 5.56. The molecule has 0 aromatic carbocycles. The Morgan fingerprint density at radius 1 is 1.40 bits per heavy atom. The fraction of sp³-hybridized carbons (Fsp3) is 0.923. The van der Waals surface area contributed by atoms with Crippen molar-refractivity contribution >= 4 is 5.71 Å². The maximum atomic E-state index is 9.06. The van der Waals surface area contributed by atoms with Crippen molar-refractivity contribution in [2.75, 3.05) is 0 Å². The lowest BCUT2D eigenvalue weighted by atomic mass is 9.71.